The van der Waals surface area contributed by atoms with Gasteiger partial charge in [0.15, 0.2) is 12.3 Å². The van der Waals surface area contributed by atoms with Crippen molar-refractivity contribution in [3.8, 4) is 11.5 Å². The Morgan fingerprint density at radius 3 is 2.28 bits per heavy atom. The van der Waals surface area contributed by atoms with E-state index in [2.05, 4.69) is 5.32 Å². The maximum absolute atomic E-state index is 13.6. The van der Waals surface area contributed by atoms with Crippen LogP contribution in [0, 0.1) is 6.92 Å². The van der Waals surface area contributed by atoms with Crippen LogP contribution < -0.4 is 19.5 Å². The molecule has 0 saturated heterocycles. The smallest absolute Gasteiger partial charge is 0.374 e. The number of nitrogens with zero attached hydrogens (tertiary/aromatic N) is 2. The normalized spacial score (nSPS) is 14.2. The minimum Gasteiger partial charge on any atom is -0.744 e. The molecule has 1 aromatic heterocycles. The van der Waals surface area contributed by atoms with E-state index in [1.54, 1.807) is 35.3 Å². The summed E-state index contributed by atoms with van der Waals surface area (Å²) in [5.74, 6) is 0.118. The zero-order valence-electron chi connectivity index (χ0n) is 31.9. The molecule has 4 aromatic rings. The summed E-state index contributed by atoms with van der Waals surface area (Å²) in [5.41, 5.74) is 4.09. The fourth-order valence-electron chi connectivity index (χ4n) is 6.39. The molecule has 0 radical (unpaired) electrons. The third-order valence-corrected chi connectivity index (χ3v) is 10.1. The number of phenols is 1. The van der Waals surface area contributed by atoms with Gasteiger partial charge in [0.1, 0.15) is 15.9 Å². The number of carbonyl (C=O) groups is 2. The number of hydrogen-bond acceptors (Lipinski definition) is 9. The van der Waals surface area contributed by atoms with Gasteiger partial charge in [0.2, 0.25) is 11.5 Å². The molecule has 54 heavy (non-hydrogen) atoms. The lowest BCUT2D eigenvalue weighted by Crippen LogP contribution is -2.35. The van der Waals surface area contributed by atoms with E-state index in [0.29, 0.717) is 52.7 Å². The Morgan fingerprint density at radius 1 is 0.963 bits per heavy atom. The predicted molar refractivity (Wildman–Crippen MR) is 205 cm³/mol. The quantitative estimate of drug-likeness (QED) is 0.0728. The molecule has 0 atom stereocenters. The summed E-state index contributed by atoms with van der Waals surface area (Å²) in [6.07, 6.45) is 7.40. The van der Waals surface area contributed by atoms with Crippen LogP contribution in [-0.4, -0.2) is 48.1 Å². The van der Waals surface area contributed by atoms with Gasteiger partial charge in [-0.15, -0.1) is 0 Å². The first kappa shape index (κ1) is 40.1. The van der Waals surface area contributed by atoms with Crippen molar-refractivity contribution < 1.29 is 46.5 Å². The van der Waals surface area contributed by atoms with Crippen molar-refractivity contribution in [3.05, 3.63) is 94.7 Å². The van der Waals surface area contributed by atoms with E-state index in [-0.39, 0.29) is 36.9 Å². The van der Waals surface area contributed by atoms with E-state index in [1.807, 2.05) is 71.2 Å². The number of benzene rings is 3. The Hall–Kier alpha value is -5.14. The number of unbranched alkanes of at least 4 members (excludes halogenated alkanes) is 2. The minimum atomic E-state index is -4.74. The number of aryl methyl sites for hydroxylation is 2. The van der Waals surface area contributed by atoms with Crippen LogP contribution in [0.5, 0.6) is 11.5 Å². The molecule has 5 rings (SSSR count). The van der Waals surface area contributed by atoms with Crippen LogP contribution in [0.15, 0.2) is 75.9 Å². The molecule has 288 valence electrons. The molecule has 0 saturated carbocycles. The van der Waals surface area contributed by atoms with E-state index < -0.39 is 31.8 Å². The third kappa shape index (κ3) is 9.31. The van der Waals surface area contributed by atoms with Crippen molar-refractivity contribution in [2.24, 2.45) is 0 Å². The van der Waals surface area contributed by atoms with Gasteiger partial charge in [0.25, 0.3) is 11.4 Å². The number of carboxylic acid groups (broad SMARTS) is 1. The lowest BCUT2D eigenvalue weighted by Gasteiger charge is -2.28. The van der Waals surface area contributed by atoms with E-state index >= 15 is 0 Å². The highest BCUT2D eigenvalue weighted by Gasteiger charge is 2.30. The number of ether oxygens (including phenoxy) is 1. The van der Waals surface area contributed by atoms with E-state index in [4.69, 9.17) is 14.3 Å². The number of fused-ring (bicyclic) bond motifs is 2. The van der Waals surface area contributed by atoms with Crippen LogP contribution in [0.1, 0.15) is 100 Å². The molecule has 3 N–H and O–H groups in total. The van der Waals surface area contributed by atoms with Crippen molar-refractivity contribution in [2.45, 2.75) is 96.4 Å². The number of rotatable bonds is 13. The summed E-state index contributed by atoms with van der Waals surface area (Å²) >= 11 is 0. The van der Waals surface area contributed by atoms with E-state index in [0.717, 1.165) is 23.9 Å². The lowest BCUT2D eigenvalue weighted by atomic mass is 9.78. The van der Waals surface area contributed by atoms with Crippen LogP contribution in [0.3, 0.4) is 0 Å². The molecule has 0 unspecified atom stereocenters. The second kappa shape index (κ2) is 15.7. The summed E-state index contributed by atoms with van der Waals surface area (Å²) in [6.45, 7) is 14.9. The number of hydrogen-bond donors (Lipinski definition) is 3. The highest BCUT2D eigenvalue weighted by Crippen LogP contribution is 2.41. The highest BCUT2D eigenvalue weighted by atomic mass is 32.2. The van der Waals surface area contributed by atoms with Gasteiger partial charge in [-0.25, -0.2) is 8.42 Å². The predicted octanol–water partition coefficient (Wildman–Crippen LogP) is 7.06. The SMILES string of the molecule is Cc1ccc2c(c1)oc(/C=C/C=C1\Oc3cc(S(=O)(=O)[O-])ccc3N1CCNC(=O)c1cc(C(C)(C)C)c(O)c(C(C)(C)C)c1)[n+]2CCCCCC(=O)O. The first-order valence-corrected chi connectivity index (χ1v) is 19.4. The number of aromatic nitrogens is 1. The van der Waals surface area contributed by atoms with E-state index in [1.165, 1.54) is 18.2 Å². The van der Waals surface area contributed by atoms with Gasteiger partial charge in [0.05, 0.1) is 16.7 Å². The molecule has 3 aromatic carbocycles. The number of aromatic hydroxyl groups is 1. The molecule has 0 aliphatic carbocycles. The molecule has 2 heterocycles. The van der Waals surface area contributed by atoms with Gasteiger partial charge in [0, 0.05) is 54.8 Å². The van der Waals surface area contributed by atoms with Gasteiger partial charge >= 0.3 is 11.9 Å². The van der Waals surface area contributed by atoms with Gasteiger partial charge in [-0.2, -0.15) is 4.57 Å². The van der Waals surface area contributed by atoms with Crippen molar-refractivity contribution in [3.63, 3.8) is 0 Å². The Morgan fingerprint density at radius 2 is 1.65 bits per heavy atom. The average molecular weight is 760 g/mol. The topological polar surface area (TPSA) is 173 Å². The molecule has 12 nitrogen and oxygen atoms in total. The van der Waals surface area contributed by atoms with Crippen LogP contribution in [0.2, 0.25) is 0 Å². The van der Waals surface area contributed by atoms with Gasteiger partial charge in [-0.05, 0) is 78.6 Å². The average Bonchev–Trinajstić information content (AvgIpc) is 3.59. The Labute approximate surface area is 316 Å². The first-order chi connectivity index (χ1) is 25.2. The summed E-state index contributed by atoms with van der Waals surface area (Å²) < 4.78 is 49.8. The number of anilines is 1. The number of aliphatic carboxylic acids is 1. The van der Waals surface area contributed by atoms with Crippen molar-refractivity contribution in [1.82, 2.24) is 5.32 Å². The van der Waals surface area contributed by atoms with Crippen LogP contribution >= 0.6 is 0 Å². The van der Waals surface area contributed by atoms with Crippen molar-refractivity contribution in [1.29, 1.82) is 0 Å². The Kier molecular flexibility index (Phi) is 11.6. The first-order valence-electron chi connectivity index (χ1n) is 18.0. The maximum atomic E-state index is 13.6. The number of allylic oxidation sites excluding steroid dienone is 2. The number of oxazole rings is 1. The molecule has 1 amide bonds. The number of nitrogens with one attached hydrogen (secondary N) is 1. The molecular weight excluding hydrogens is 711 g/mol. The monoisotopic (exact) mass is 759 g/mol. The lowest BCUT2D eigenvalue weighted by molar-refractivity contribution is -0.678. The van der Waals surface area contributed by atoms with Gasteiger partial charge in [-0.1, -0.05) is 47.6 Å². The fourth-order valence-corrected chi connectivity index (χ4v) is 6.88. The number of phenolic OH excluding ortho intramolecular Hbond substituents is 1. The van der Waals surface area contributed by atoms with Crippen molar-refractivity contribution >= 4 is 44.9 Å². The van der Waals surface area contributed by atoms with Crippen LogP contribution in [0.25, 0.3) is 17.2 Å². The highest BCUT2D eigenvalue weighted by molar-refractivity contribution is 7.85. The summed E-state index contributed by atoms with van der Waals surface area (Å²) in [6, 6.07) is 13.3. The second-order valence-corrected chi connectivity index (χ2v) is 17.0. The zero-order chi connectivity index (χ0) is 39.6. The number of carbonyl (C=O) groups excluding carboxylic acids is 1. The van der Waals surface area contributed by atoms with Crippen LogP contribution in [0.4, 0.5) is 5.69 Å². The molecule has 0 fully saturated rings. The number of carboxylic acids is 1. The summed E-state index contributed by atoms with van der Waals surface area (Å²) in [5, 5.41) is 23.1. The summed E-state index contributed by atoms with van der Waals surface area (Å²) in [4.78, 5) is 25.9. The van der Waals surface area contributed by atoms with Crippen LogP contribution in [-0.2, 0) is 32.3 Å². The van der Waals surface area contributed by atoms with Gasteiger partial charge in [-0.3, -0.25) is 9.59 Å². The molecule has 1 aliphatic rings. The zero-order valence-corrected chi connectivity index (χ0v) is 32.7. The second-order valence-electron chi connectivity index (χ2n) is 15.6. The standard InChI is InChI=1S/C41H49N3O9S/c1-26-15-17-31-33(22-26)52-35(43(31)20-10-8-9-14-37(45)46)12-11-13-36-44(32-18-16-28(54(49,50)51)25-34(32)53-36)21-19-42-39(48)27-23-29(40(2,3)4)38(47)30(24-27)41(5,6)7/h11-13,15-18,22-25H,8-10,14,19-21H2,1-7H3,(H3-,42,45,46,47,48,49,50,51). The largest absolute Gasteiger partial charge is 0.744 e. The Bertz CT molecular complexity index is 2200. The van der Waals surface area contributed by atoms with E-state index in [9.17, 15) is 27.7 Å². The van der Waals surface area contributed by atoms with Gasteiger partial charge < -0.3 is 34.1 Å². The summed E-state index contributed by atoms with van der Waals surface area (Å²) in [7, 11) is -4.74. The molecule has 13 heteroatoms. The fraction of sp³-hybridized carbons (Fsp3) is 0.390. The minimum absolute atomic E-state index is 0.119. The Balaban J connectivity index is 1.41. The molecule has 0 bridgehead atoms. The number of amides is 1. The third-order valence-electron chi connectivity index (χ3n) is 9.24. The molecule has 0 spiro atoms. The molecule has 1 aliphatic heterocycles. The molecular formula is C41H49N3O9S. The maximum Gasteiger partial charge on any atom is 0.374 e. The van der Waals surface area contributed by atoms with Crippen molar-refractivity contribution in [2.75, 3.05) is 18.0 Å².